The minimum atomic E-state index is 0. The van der Waals surface area contributed by atoms with E-state index in [-0.39, 0.29) is 12.4 Å². The Morgan fingerprint density at radius 3 is 2.71 bits per heavy atom. The summed E-state index contributed by atoms with van der Waals surface area (Å²) >= 11 is 0. The second kappa shape index (κ2) is 4.81. The highest BCUT2D eigenvalue weighted by Gasteiger charge is 2.17. The first-order valence-corrected chi connectivity index (χ1v) is 5.08. The predicted molar refractivity (Wildman–Crippen MR) is 63.1 cm³/mol. The van der Waals surface area contributed by atoms with Crippen LogP contribution in [0.2, 0.25) is 0 Å². The summed E-state index contributed by atoms with van der Waals surface area (Å²) in [7, 11) is 0. The molecule has 0 aromatic heterocycles. The van der Waals surface area contributed by atoms with Crippen molar-refractivity contribution in [2.24, 2.45) is 0 Å². The summed E-state index contributed by atoms with van der Waals surface area (Å²) < 4.78 is 0. The third-order valence-electron chi connectivity index (χ3n) is 2.87. The Hall–Kier alpha value is -0.530. The van der Waals surface area contributed by atoms with Gasteiger partial charge < -0.3 is 5.32 Å². The zero-order chi connectivity index (χ0) is 9.26. The molecule has 0 bridgehead atoms. The van der Waals surface area contributed by atoms with Gasteiger partial charge in [0.25, 0.3) is 0 Å². The normalized spacial score (nSPS) is 20.6. The number of aryl methyl sites for hydroxylation is 2. The van der Waals surface area contributed by atoms with Crippen molar-refractivity contribution in [3.8, 4) is 0 Å². The van der Waals surface area contributed by atoms with Crippen LogP contribution in [0.25, 0.3) is 0 Å². The van der Waals surface area contributed by atoms with Gasteiger partial charge in [0, 0.05) is 6.04 Å². The summed E-state index contributed by atoms with van der Waals surface area (Å²) in [5.41, 5.74) is 4.29. The highest BCUT2D eigenvalue weighted by Crippen LogP contribution is 2.26. The van der Waals surface area contributed by atoms with Crippen LogP contribution in [0, 0.1) is 13.8 Å². The lowest BCUT2D eigenvalue weighted by molar-refractivity contribution is 0.643. The van der Waals surface area contributed by atoms with Gasteiger partial charge in [0.2, 0.25) is 0 Å². The van der Waals surface area contributed by atoms with Crippen molar-refractivity contribution in [3.63, 3.8) is 0 Å². The molecule has 1 fully saturated rings. The summed E-state index contributed by atoms with van der Waals surface area (Å²) in [6.07, 6.45) is 2.61. The average Bonchev–Trinajstić information content (AvgIpc) is 2.61. The predicted octanol–water partition coefficient (Wildman–Crippen LogP) is 3.15. The molecule has 1 saturated heterocycles. The molecule has 1 heterocycles. The van der Waals surface area contributed by atoms with Crippen LogP contribution in [0.5, 0.6) is 0 Å². The summed E-state index contributed by atoms with van der Waals surface area (Å²) in [4.78, 5) is 0. The molecule has 1 aromatic rings. The van der Waals surface area contributed by atoms with Crippen LogP contribution in [0.4, 0.5) is 0 Å². The molecule has 1 aromatic carbocycles. The maximum Gasteiger partial charge on any atom is 0.0323 e. The highest BCUT2D eigenvalue weighted by molar-refractivity contribution is 5.85. The molecular weight excluding hydrogens is 194 g/mol. The Balaban J connectivity index is 0.000000980. The van der Waals surface area contributed by atoms with Crippen LogP contribution in [-0.4, -0.2) is 6.54 Å². The number of benzene rings is 1. The van der Waals surface area contributed by atoms with Crippen LogP contribution in [-0.2, 0) is 0 Å². The van der Waals surface area contributed by atoms with E-state index in [9.17, 15) is 0 Å². The third kappa shape index (κ3) is 2.28. The van der Waals surface area contributed by atoms with Gasteiger partial charge in [-0.15, -0.1) is 12.4 Å². The average molecular weight is 212 g/mol. The van der Waals surface area contributed by atoms with Crippen molar-refractivity contribution in [3.05, 3.63) is 34.9 Å². The van der Waals surface area contributed by atoms with Crippen LogP contribution in [0.15, 0.2) is 18.2 Å². The molecule has 0 aliphatic carbocycles. The summed E-state index contributed by atoms with van der Waals surface area (Å²) in [6.45, 7) is 5.55. The molecule has 1 aliphatic heterocycles. The molecule has 78 valence electrons. The van der Waals surface area contributed by atoms with Crippen LogP contribution in [0.1, 0.15) is 35.6 Å². The second-order valence-electron chi connectivity index (χ2n) is 4.01. The zero-order valence-corrected chi connectivity index (χ0v) is 9.66. The molecule has 2 heteroatoms. The van der Waals surface area contributed by atoms with Crippen molar-refractivity contribution >= 4 is 12.4 Å². The molecule has 1 aliphatic rings. The van der Waals surface area contributed by atoms with E-state index in [4.69, 9.17) is 0 Å². The number of nitrogens with one attached hydrogen (secondary N) is 1. The first-order valence-electron chi connectivity index (χ1n) is 5.08. The van der Waals surface area contributed by atoms with Gasteiger partial charge in [0.1, 0.15) is 0 Å². The van der Waals surface area contributed by atoms with Crippen molar-refractivity contribution in [1.82, 2.24) is 5.32 Å². The van der Waals surface area contributed by atoms with Gasteiger partial charge in [-0.25, -0.2) is 0 Å². The Bertz CT molecular complexity index is 303. The van der Waals surface area contributed by atoms with Crippen LogP contribution < -0.4 is 5.32 Å². The van der Waals surface area contributed by atoms with E-state index in [0.717, 1.165) is 0 Å². The highest BCUT2D eigenvalue weighted by atomic mass is 35.5. The number of hydrogen-bond donors (Lipinski definition) is 1. The molecule has 14 heavy (non-hydrogen) atoms. The van der Waals surface area contributed by atoms with Gasteiger partial charge in [0.15, 0.2) is 0 Å². The summed E-state index contributed by atoms with van der Waals surface area (Å²) in [5.74, 6) is 0. The monoisotopic (exact) mass is 211 g/mol. The maximum absolute atomic E-state index is 3.54. The van der Waals surface area contributed by atoms with E-state index in [0.29, 0.717) is 6.04 Å². The van der Waals surface area contributed by atoms with Gasteiger partial charge in [-0.05, 0) is 44.4 Å². The van der Waals surface area contributed by atoms with Crippen molar-refractivity contribution in [2.75, 3.05) is 6.54 Å². The molecule has 0 radical (unpaired) electrons. The second-order valence-corrected chi connectivity index (χ2v) is 4.01. The first kappa shape index (κ1) is 11.5. The zero-order valence-electron chi connectivity index (χ0n) is 8.84. The van der Waals surface area contributed by atoms with E-state index < -0.39 is 0 Å². The first-order chi connectivity index (χ1) is 6.27. The van der Waals surface area contributed by atoms with Gasteiger partial charge in [-0.1, -0.05) is 23.8 Å². The van der Waals surface area contributed by atoms with E-state index in [1.807, 2.05) is 0 Å². The lowest BCUT2D eigenvalue weighted by atomic mass is 9.98. The Kier molecular flexibility index (Phi) is 3.97. The fourth-order valence-electron chi connectivity index (χ4n) is 2.09. The third-order valence-corrected chi connectivity index (χ3v) is 2.87. The number of rotatable bonds is 1. The van der Waals surface area contributed by atoms with Crippen molar-refractivity contribution in [1.29, 1.82) is 0 Å². The molecule has 0 amide bonds. The molecular formula is C12H18ClN. The number of halogens is 1. The summed E-state index contributed by atoms with van der Waals surface area (Å²) in [6, 6.07) is 7.34. The smallest absolute Gasteiger partial charge is 0.0323 e. The fourth-order valence-corrected chi connectivity index (χ4v) is 2.09. The Morgan fingerprint density at radius 1 is 1.29 bits per heavy atom. The lowest BCUT2D eigenvalue weighted by Crippen LogP contribution is -2.14. The maximum atomic E-state index is 3.54. The van der Waals surface area contributed by atoms with Crippen molar-refractivity contribution in [2.45, 2.75) is 32.7 Å². The molecule has 1 atom stereocenters. The summed E-state index contributed by atoms with van der Waals surface area (Å²) in [5, 5.41) is 3.54. The quantitative estimate of drug-likeness (QED) is 0.753. The SMILES string of the molecule is Cc1ccc(C)c([C@H]2CCCN2)c1.Cl. The minimum absolute atomic E-state index is 0. The van der Waals surface area contributed by atoms with Gasteiger partial charge in [0.05, 0.1) is 0 Å². The Morgan fingerprint density at radius 2 is 2.07 bits per heavy atom. The van der Waals surface area contributed by atoms with E-state index in [1.165, 1.54) is 36.1 Å². The Labute approximate surface area is 92.3 Å². The molecule has 1 nitrogen and oxygen atoms in total. The molecule has 0 saturated carbocycles. The molecule has 2 rings (SSSR count). The minimum Gasteiger partial charge on any atom is -0.310 e. The van der Waals surface area contributed by atoms with Gasteiger partial charge in [-0.2, -0.15) is 0 Å². The standard InChI is InChI=1S/C12H17N.ClH/c1-9-5-6-10(2)11(8-9)12-4-3-7-13-12;/h5-6,8,12-13H,3-4,7H2,1-2H3;1H/t12-;/m1./s1. The molecule has 0 spiro atoms. The molecule has 1 N–H and O–H groups in total. The van der Waals surface area contributed by atoms with Crippen LogP contribution >= 0.6 is 12.4 Å². The van der Waals surface area contributed by atoms with Gasteiger partial charge in [-0.3, -0.25) is 0 Å². The lowest BCUT2D eigenvalue weighted by Gasteiger charge is -2.14. The molecule has 0 unspecified atom stereocenters. The van der Waals surface area contributed by atoms with Crippen LogP contribution in [0.3, 0.4) is 0 Å². The van der Waals surface area contributed by atoms with Gasteiger partial charge >= 0.3 is 0 Å². The number of hydrogen-bond acceptors (Lipinski definition) is 1. The topological polar surface area (TPSA) is 12.0 Å². The van der Waals surface area contributed by atoms with E-state index in [1.54, 1.807) is 0 Å². The van der Waals surface area contributed by atoms with E-state index in [2.05, 4.69) is 37.4 Å². The largest absolute Gasteiger partial charge is 0.310 e. The fraction of sp³-hybridized carbons (Fsp3) is 0.500. The van der Waals surface area contributed by atoms with Crippen molar-refractivity contribution < 1.29 is 0 Å². The van der Waals surface area contributed by atoms with E-state index >= 15 is 0 Å².